The van der Waals surface area contributed by atoms with Gasteiger partial charge in [-0.15, -0.1) is 0 Å². The molecular formula is C25H24F3N6O+. The van der Waals surface area contributed by atoms with Crippen LogP contribution in [-0.4, -0.2) is 43.2 Å². The minimum Gasteiger partial charge on any atom is -0.353 e. The van der Waals surface area contributed by atoms with Gasteiger partial charge in [0.1, 0.15) is 11.9 Å². The van der Waals surface area contributed by atoms with Crippen LogP contribution in [0.5, 0.6) is 0 Å². The van der Waals surface area contributed by atoms with Crippen molar-refractivity contribution in [1.82, 2.24) is 15.6 Å². The van der Waals surface area contributed by atoms with Crippen LogP contribution in [0.3, 0.4) is 0 Å². The fourth-order valence-corrected chi connectivity index (χ4v) is 3.62. The van der Waals surface area contributed by atoms with Crippen LogP contribution in [-0.2, 0) is 0 Å². The number of rotatable bonds is 5. The third-order valence-corrected chi connectivity index (χ3v) is 5.51. The zero-order valence-electron chi connectivity index (χ0n) is 19.3. The Balaban J connectivity index is 1.90. The Morgan fingerprint density at radius 3 is 2.63 bits per heavy atom. The largest absolute Gasteiger partial charge is 0.497 e. The molecule has 1 aromatic heterocycles. The van der Waals surface area contributed by atoms with Crippen molar-refractivity contribution < 1.29 is 18.0 Å². The highest BCUT2D eigenvalue weighted by molar-refractivity contribution is 5.97. The summed E-state index contributed by atoms with van der Waals surface area (Å²) in [5.41, 5.74) is 1.39. The maximum Gasteiger partial charge on any atom is 0.497 e. The molecule has 10 heteroatoms. The molecule has 180 valence electrons. The van der Waals surface area contributed by atoms with Crippen molar-refractivity contribution >= 4 is 11.7 Å². The Bertz CT molecular complexity index is 1260. The summed E-state index contributed by atoms with van der Waals surface area (Å²) in [5.74, 6) is -0.000326. The smallest absolute Gasteiger partial charge is 0.353 e. The highest BCUT2D eigenvalue weighted by Gasteiger charge is 2.43. The first kappa shape index (κ1) is 25.5. The number of carbonyl (C=O) groups excluding carboxylic acids is 1. The first-order valence-corrected chi connectivity index (χ1v) is 10.8. The molecule has 1 saturated heterocycles. The fourth-order valence-electron chi connectivity index (χ4n) is 3.62. The predicted octanol–water partition coefficient (Wildman–Crippen LogP) is 4.38. The van der Waals surface area contributed by atoms with Crippen LogP contribution in [0, 0.1) is 24.8 Å². The lowest BCUT2D eigenvalue weighted by atomic mass is 9.98. The third-order valence-electron chi connectivity index (χ3n) is 5.51. The molecule has 0 saturated carbocycles. The number of hydrogen-bond donors (Lipinski definition) is 2. The Hall–Kier alpha value is -4.15. The van der Waals surface area contributed by atoms with Crippen LogP contribution in [0.2, 0.25) is 0 Å². The molecule has 35 heavy (non-hydrogen) atoms. The van der Waals surface area contributed by atoms with E-state index in [9.17, 15) is 23.2 Å². The van der Waals surface area contributed by atoms with Gasteiger partial charge in [-0.2, -0.15) is 18.4 Å². The maximum absolute atomic E-state index is 13.0. The first-order valence-electron chi connectivity index (χ1n) is 10.8. The number of aryl methyl sites for hydroxylation is 1. The summed E-state index contributed by atoms with van der Waals surface area (Å²) in [7, 11) is 0. The van der Waals surface area contributed by atoms with Crippen molar-refractivity contribution in [3.8, 4) is 23.8 Å². The monoisotopic (exact) mass is 481 g/mol. The Kier molecular flexibility index (Phi) is 7.90. The SMILES string of the molecule is C#[N+]/C(=C\C(=C/C)NC(=O)c1ccc(C)c(-c2cnc(N3CCNCC3)c(C#N)c2)c1)C(F)(F)F. The first-order chi connectivity index (χ1) is 16.7. The highest BCUT2D eigenvalue weighted by Crippen LogP contribution is 2.29. The second-order valence-corrected chi connectivity index (χ2v) is 7.83. The summed E-state index contributed by atoms with van der Waals surface area (Å²) >= 11 is 0. The molecular weight excluding hydrogens is 457 g/mol. The lowest BCUT2D eigenvalue weighted by Crippen LogP contribution is -2.44. The van der Waals surface area contributed by atoms with Gasteiger partial charge < -0.3 is 15.5 Å². The number of piperazine rings is 1. The highest BCUT2D eigenvalue weighted by atomic mass is 19.4. The van der Waals surface area contributed by atoms with Crippen LogP contribution in [0.1, 0.15) is 28.4 Å². The van der Waals surface area contributed by atoms with Gasteiger partial charge in [0.2, 0.25) is 0 Å². The molecule has 7 nitrogen and oxygen atoms in total. The molecule has 2 aromatic rings. The number of pyridine rings is 1. The fraction of sp³-hybridized carbons (Fsp3) is 0.280. The zero-order chi connectivity index (χ0) is 25.6. The molecule has 0 atom stereocenters. The molecule has 1 amide bonds. The third kappa shape index (κ3) is 6.05. The van der Waals surface area contributed by atoms with Gasteiger partial charge in [0.05, 0.1) is 11.6 Å². The van der Waals surface area contributed by atoms with Gasteiger partial charge in [0, 0.05) is 49.2 Å². The van der Waals surface area contributed by atoms with Gasteiger partial charge in [-0.25, -0.2) is 4.98 Å². The van der Waals surface area contributed by atoms with Crippen molar-refractivity contribution in [2.45, 2.75) is 20.0 Å². The van der Waals surface area contributed by atoms with Gasteiger partial charge >= 0.3 is 11.9 Å². The van der Waals surface area contributed by atoms with Crippen molar-refractivity contribution in [3.63, 3.8) is 0 Å². The molecule has 0 bridgehead atoms. The molecule has 0 radical (unpaired) electrons. The number of nitrogens with zero attached hydrogens (tertiary/aromatic N) is 4. The van der Waals surface area contributed by atoms with Crippen LogP contribution < -0.4 is 15.5 Å². The Morgan fingerprint density at radius 2 is 2.03 bits per heavy atom. The number of nitriles is 1. The van der Waals surface area contributed by atoms with E-state index in [4.69, 9.17) is 6.57 Å². The number of nitrogens with one attached hydrogen (secondary N) is 2. The van der Waals surface area contributed by atoms with E-state index in [-0.39, 0.29) is 11.3 Å². The lowest BCUT2D eigenvalue weighted by Gasteiger charge is -2.29. The molecule has 1 aliphatic rings. The standard InChI is InChI=1S/C25H23F3N6O/c1-4-20(13-22(30-3)25(26,27)28)33-24(35)17-6-5-16(2)21(12-17)19-11-18(14-29)23(32-15-19)34-9-7-31-8-10-34/h3-6,11-13,15,31H,7-10H2,1-2H3/p+1/b20-4+,22-13-. The number of allylic oxidation sites excluding steroid dienone is 3. The number of hydrogen-bond acceptors (Lipinski definition) is 5. The summed E-state index contributed by atoms with van der Waals surface area (Å²) in [4.78, 5) is 22.1. The minimum atomic E-state index is -4.76. The van der Waals surface area contributed by atoms with E-state index in [0.29, 0.717) is 28.6 Å². The number of benzene rings is 1. The van der Waals surface area contributed by atoms with E-state index in [2.05, 4.69) is 26.5 Å². The number of halogens is 3. The quantitative estimate of drug-likeness (QED) is 0.619. The topological polar surface area (TPSA) is 85.4 Å². The van der Waals surface area contributed by atoms with Crippen LogP contribution >= 0.6 is 0 Å². The van der Waals surface area contributed by atoms with Crippen LogP contribution in [0.4, 0.5) is 19.0 Å². The van der Waals surface area contributed by atoms with Crippen molar-refractivity contribution in [2.24, 2.45) is 0 Å². The van der Waals surface area contributed by atoms with E-state index in [1.165, 1.54) is 13.0 Å². The zero-order valence-corrected chi connectivity index (χ0v) is 19.3. The molecule has 0 unspecified atom stereocenters. The van der Waals surface area contributed by atoms with Gasteiger partial charge in [0.15, 0.2) is 0 Å². The number of amides is 1. The van der Waals surface area contributed by atoms with Crippen molar-refractivity contribution in [1.29, 1.82) is 5.26 Å². The molecule has 3 rings (SSSR count). The molecule has 2 heterocycles. The van der Waals surface area contributed by atoms with Crippen LogP contribution in [0.25, 0.3) is 16.0 Å². The van der Waals surface area contributed by atoms with Crippen molar-refractivity contribution in [2.75, 3.05) is 31.1 Å². The summed E-state index contributed by atoms with van der Waals surface area (Å²) in [6, 6.07) is 8.83. The van der Waals surface area contributed by atoms with Gasteiger partial charge in [-0.05, 0) is 48.0 Å². The number of anilines is 1. The van der Waals surface area contributed by atoms with Crippen LogP contribution in [0.15, 0.2) is 54.0 Å². The summed E-state index contributed by atoms with van der Waals surface area (Å²) in [6.07, 6.45) is -1.14. The predicted molar refractivity (Wildman–Crippen MR) is 128 cm³/mol. The number of carbonyl (C=O) groups is 1. The molecule has 1 aliphatic heterocycles. The second kappa shape index (κ2) is 10.9. The summed E-state index contributed by atoms with van der Waals surface area (Å²) < 4.78 is 38.9. The van der Waals surface area contributed by atoms with E-state index in [1.54, 1.807) is 30.5 Å². The average molecular weight is 482 g/mol. The van der Waals surface area contributed by atoms with Gasteiger partial charge in [-0.1, -0.05) is 12.1 Å². The van der Waals surface area contributed by atoms with E-state index >= 15 is 0 Å². The molecule has 0 aliphatic carbocycles. The van der Waals surface area contributed by atoms with E-state index in [0.717, 1.165) is 31.7 Å². The summed E-state index contributed by atoms with van der Waals surface area (Å²) in [5, 5.41) is 15.4. The van der Waals surface area contributed by atoms with E-state index in [1.807, 2.05) is 11.8 Å². The van der Waals surface area contributed by atoms with E-state index < -0.39 is 17.8 Å². The molecule has 2 N–H and O–H groups in total. The molecule has 1 aromatic carbocycles. The maximum atomic E-state index is 13.0. The average Bonchev–Trinajstić information content (AvgIpc) is 2.86. The second-order valence-electron chi connectivity index (χ2n) is 7.83. The van der Waals surface area contributed by atoms with Crippen molar-refractivity contribution in [3.05, 3.63) is 75.5 Å². The lowest BCUT2D eigenvalue weighted by molar-refractivity contribution is -0.0885. The molecule has 1 fully saturated rings. The Morgan fingerprint density at radius 1 is 1.31 bits per heavy atom. The summed E-state index contributed by atoms with van der Waals surface area (Å²) in [6.45, 7) is 11.3. The van der Waals surface area contributed by atoms with Gasteiger partial charge in [0.25, 0.3) is 12.5 Å². The van der Waals surface area contributed by atoms with Gasteiger partial charge in [-0.3, -0.25) is 4.79 Å². The Labute approximate surface area is 201 Å². The number of alkyl halides is 3. The minimum absolute atomic E-state index is 0.104. The number of aromatic nitrogens is 1. The normalized spacial score (nSPS) is 14.8. The molecule has 0 spiro atoms.